The second kappa shape index (κ2) is 8.94. The van der Waals surface area contributed by atoms with Gasteiger partial charge in [0.2, 0.25) is 0 Å². The molecule has 0 unspecified atom stereocenters. The molecule has 0 aliphatic heterocycles. The first-order chi connectivity index (χ1) is 8.19. The van der Waals surface area contributed by atoms with Crippen LogP contribution in [0.15, 0.2) is 6.20 Å². The normalized spacial score (nSPS) is 9.94. The van der Waals surface area contributed by atoms with E-state index in [0.29, 0.717) is 12.1 Å². The zero-order chi connectivity index (χ0) is 12.7. The summed E-state index contributed by atoms with van der Waals surface area (Å²) in [4.78, 5) is 11.9. The molecule has 1 aromatic rings. The van der Waals surface area contributed by atoms with E-state index >= 15 is 0 Å². The maximum absolute atomic E-state index is 11.9. The molecule has 0 aliphatic carbocycles. The smallest absolute Gasteiger partial charge is 0.254 e. The Hall–Kier alpha value is -1.07. The topological polar surface area (TPSA) is 58.9 Å². The summed E-state index contributed by atoms with van der Waals surface area (Å²) in [5.74, 6) is -0.0340. The number of halogens is 1. The molecule has 5 nitrogen and oxygen atoms in total. The fourth-order valence-corrected chi connectivity index (χ4v) is 1.65. The van der Waals surface area contributed by atoms with Crippen molar-refractivity contribution in [3.63, 3.8) is 0 Å². The van der Waals surface area contributed by atoms with Crippen molar-refractivity contribution in [2.24, 2.45) is 7.05 Å². The molecular weight excluding hydrogens is 252 g/mol. The maximum Gasteiger partial charge on any atom is 0.254 e. The third-order valence-corrected chi connectivity index (χ3v) is 2.50. The molecule has 18 heavy (non-hydrogen) atoms. The molecule has 0 fully saturated rings. The average Bonchev–Trinajstić information content (AvgIpc) is 2.70. The highest BCUT2D eigenvalue weighted by molar-refractivity contribution is 5.95. The Balaban J connectivity index is 0.00000289. The molecule has 1 amide bonds. The largest absolute Gasteiger partial charge is 0.351 e. The SMILES string of the molecule is CCCNCCNC(=O)c1cn(C)nc1CC.Cl. The third-order valence-electron chi connectivity index (χ3n) is 2.50. The van der Waals surface area contributed by atoms with Gasteiger partial charge in [-0.1, -0.05) is 13.8 Å². The van der Waals surface area contributed by atoms with E-state index < -0.39 is 0 Å². The van der Waals surface area contributed by atoms with Crippen LogP contribution in [0, 0.1) is 0 Å². The van der Waals surface area contributed by atoms with Crippen molar-refractivity contribution in [2.75, 3.05) is 19.6 Å². The van der Waals surface area contributed by atoms with E-state index in [9.17, 15) is 4.79 Å². The van der Waals surface area contributed by atoms with Crippen LogP contribution in [0.1, 0.15) is 36.3 Å². The van der Waals surface area contributed by atoms with Crippen molar-refractivity contribution in [1.82, 2.24) is 20.4 Å². The lowest BCUT2D eigenvalue weighted by atomic mass is 10.2. The highest BCUT2D eigenvalue weighted by atomic mass is 35.5. The predicted octanol–water partition coefficient (Wildman–Crippen LogP) is 1.13. The van der Waals surface area contributed by atoms with Crippen LogP contribution in [-0.4, -0.2) is 35.3 Å². The Morgan fingerprint density at radius 1 is 1.33 bits per heavy atom. The van der Waals surface area contributed by atoms with Crippen LogP contribution in [0.4, 0.5) is 0 Å². The van der Waals surface area contributed by atoms with Crippen molar-refractivity contribution < 1.29 is 4.79 Å². The number of nitrogens with zero attached hydrogens (tertiary/aromatic N) is 2. The fraction of sp³-hybridized carbons (Fsp3) is 0.667. The quantitative estimate of drug-likeness (QED) is 0.733. The average molecular weight is 275 g/mol. The summed E-state index contributed by atoms with van der Waals surface area (Å²) in [6.07, 6.45) is 3.65. The van der Waals surface area contributed by atoms with Crippen LogP contribution < -0.4 is 10.6 Å². The van der Waals surface area contributed by atoms with Gasteiger partial charge < -0.3 is 10.6 Å². The number of rotatable bonds is 7. The molecule has 0 bridgehead atoms. The van der Waals surface area contributed by atoms with E-state index in [0.717, 1.165) is 31.6 Å². The Morgan fingerprint density at radius 3 is 2.67 bits per heavy atom. The lowest BCUT2D eigenvalue weighted by Gasteiger charge is -2.05. The molecule has 0 radical (unpaired) electrons. The van der Waals surface area contributed by atoms with Gasteiger partial charge in [-0.15, -0.1) is 12.4 Å². The second-order valence-electron chi connectivity index (χ2n) is 4.02. The summed E-state index contributed by atoms with van der Waals surface area (Å²) in [5.41, 5.74) is 1.54. The van der Waals surface area contributed by atoms with E-state index in [1.165, 1.54) is 0 Å². The lowest BCUT2D eigenvalue weighted by molar-refractivity contribution is 0.0953. The Labute approximate surface area is 115 Å². The van der Waals surface area contributed by atoms with E-state index in [4.69, 9.17) is 0 Å². The minimum absolute atomic E-state index is 0. The molecule has 2 N–H and O–H groups in total. The number of aryl methyl sites for hydroxylation is 2. The molecule has 0 aliphatic rings. The molecule has 6 heteroatoms. The summed E-state index contributed by atoms with van der Waals surface area (Å²) in [6.45, 7) is 6.57. The Kier molecular flexibility index (Phi) is 8.41. The van der Waals surface area contributed by atoms with Gasteiger partial charge in [-0.3, -0.25) is 9.48 Å². The van der Waals surface area contributed by atoms with Crippen LogP contribution in [-0.2, 0) is 13.5 Å². The zero-order valence-corrected chi connectivity index (χ0v) is 12.1. The summed E-state index contributed by atoms with van der Waals surface area (Å²) < 4.78 is 1.68. The molecular formula is C12H23ClN4O. The number of aromatic nitrogens is 2. The second-order valence-corrected chi connectivity index (χ2v) is 4.02. The number of carbonyl (C=O) groups excluding carboxylic acids is 1. The first-order valence-electron chi connectivity index (χ1n) is 6.20. The van der Waals surface area contributed by atoms with Crippen LogP contribution in [0.25, 0.3) is 0 Å². The lowest BCUT2D eigenvalue weighted by Crippen LogP contribution is -2.32. The number of carbonyl (C=O) groups is 1. The molecule has 0 saturated carbocycles. The molecule has 1 aromatic heterocycles. The van der Waals surface area contributed by atoms with Gasteiger partial charge in [-0.05, 0) is 19.4 Å². The van der Waals surface area contributed by atoms with Gasteiger partial charge in [0, 0.05) is 26.3 Å². The summed E-state index contributed by atoms with van der Waals surface area (Å²) in [7, 11) is 1.83. The van der Waals surface area contributed by atoms with Crippen LogP contribution in [0.5, 0.6) is 0 Å². The van der Waals surface area contributed by atoms with Gasteiger partial charge in [0.15, 0.2) is 0 Å². The molecule has 0 saturated heterocycles. The van der Waals surface area contributed by atoms with E-state index in [2.05, 4.69) is 22.7 Å². The Morgan fingerprint density at radius 2 is 2.06 bits per heavy atom. The molecule has 0 atom stereocenters. The minimum Gasteiger partial charge on any atom is -0.351 e. The first-order valence-corrected chi connectivity index (χ1v) is 6.20. The zero-order valence-electron chi connectivity index (χ0n) is 11.3. The van der Waals surface area contributed by atoms with Gasteiger partial charge in [0.05, 0.1) is 11.3 Å². The standard InChI is InChI=1S/C12H22N4O.ClH/c1-4-6-13-7-8-14-12(17)10-9-16(3)15-11(10)5-2;/h9,13H,4-8H2,1-3H3,(H,14,17);1H. The van der Waals surface area contributed by atoms with Crippen molar-refractivity contribution >= 4 is 18.3 Å². The van der Waals surface area contributed by atoms with Gasteiger partial charge in [-0.25, -0.2) is 0 Å². The molecule has 1 rings (SSSR count). The van der Waals surface area contributed by atoms with Crippen molar-refractivity contribution in [1.29, 1.82) is 0 Å². The van der Waals surface area contributed by atoms with E-state index in [1.807, 2.05) is 14.0 Å². The molecule has 0 aromatic carbocycles. The number of hydrogen-bond acceptors (Lipinski definition) is 3. The summed E-state index contributed by atoms with van der Waals surface area (Å²) in [6, 6.07) is 0. The molecule has 0 spiro atoms. The maximum atomic E-state index is 11.9. The van der Waals surface area contributed by atoms with Crippen LogP contribution in [0.3, 0.4) is 0 Å². The van der Waals surface area contributed by atoms with Gasteiger partial charge in [0.25, 0.3) is 5.91 Å². The van der Waals surface area contributed by atoms with Gasteiger partial charge in [-0.2, -0.15) is 5.10 Å². The molecule has 1 heterocycles. The Bertz CT molecular complexity index is 365. The van der Waals surface area contributed by atoms with Crippen LogP contribution >= 0.6 is 12.4 Å². The van der Waals surface area contributed by atoms with Gasteiger partial charge >= 0.3 is 0 Å². The number of hydrogen-bond donors (Lipinski definition) is 2. The fourth-order valence-electron chi connectivity index (χ4n) is 1.65. The highest BCUT2D eigenvalue weighted by Gasteiger charge is 2.13. The van der Waals surface area contributed by atoms with Crippen molar-refractivity contribution in [3.05, 3.63) is 17.5 Å². The van der Waals surface area contributed by atoms with Crippen molar-refractivity contribution in [2.45, 2.75) is 26.7 Å². The van der Waals surface area contributed by atoms with E-state index in [1.54, 1.807) is 10.9 Å². The highest BCUT2D eigenvalue weighted by Crippen LogP contribution is 2.06. The number of nitrogens with one attached hydrogen (secondary N) is 2. The van der Waals surface area contributed by atoms with Gasteiger partial charge in [0.1, 0.15) is 0 Å². The van der Waals surface area contributed by atoms with E-state index in [-0.39, 0.29) is 18.3 Å². The minimum atomic E-state index is -0.0340. The molecule has 104 valence electrons. The monoisotopic (exact) mass is 274 g/mol. The third kappa shape index (κ3) is 5.06. The van der Waals surface area contributed by atoms with Crippen molar-refractivity contribution in [3.8, 4) is 0 Å². The predicted molar refractivity (Wildman–Crippen MR) is 75.3 cm³/mol. The van der Waals surface area contributed by atoms with Crippen LogP contribution in [0.2, 0.25) is 0 Å². The summed E-state index contributed by atoms with van der Waals surface area (Å²) in [5, 5.41) is 10.4. The first kappa shape index (κ1) is 16.9. The number of amides is 1. The summed E-state index contributed by atoms with van der Waals surface area (Å²) >= 11 is 0.